The van der Waals surface area contributed by atoms with E-state index >= 15 is 0 Å². The van der Waals surface area contributed by atoms with Gasteiger partial charge >= 0.3 is 0 Å². The summed E-state index contributed by atoms with van der Waals surface area (Å²) in [6, 6.07) is 3.24. The maximum atomic E-state index is 12.5. The van der Waals surface area contributed by atoms with Gasteiger partial charge in [0, 0.05) is 43.5 Å². The topological polar surface area (TPSA) is 118 Å². The van der Waals surface area contributed by atoms with Gasteiger partial charge in [0.2, 0.25) is 11.9 Å². The first-order valence-electron chi connectivity index (χ1n) is 10.5. The van der Waals surface area contributed by atoms with E-state index in [1.807, 2.05) is 0 Å². The van der Waals surface area contributed by atoms with Crippen LogP contribution in [0.25, 0.3) is 11.0 Å². The van der Waals surface area contributed by atoms with Gasteiger partial charge in [-0.3, -0.25) is 18.8 Å². The third-order valence-corrected chi connectivity index (χ3v) is 5.37. The number of hydrogen-bond acceptors (Lipinski definition) is 7. The van der Waals surface area contributed by atoms with E-state index in [0.717, 1.165) is 11.8 Å². The predicted molar refractivity (Wildman–Crippen MR) is 120 cm³/mol. The number of amides is 1. The van der Waals surface area contributed by atoms with Gasteiger partial charge in [0.25, 0.3) is 5.56 Å². The molecule has 168 valence electrons. The molecule has 1 aliphatic rings. The second-order valence-electron chi connectivity index (χ2n) is 8.76. The van der Waals surface area contributed by atoms with Crippen molar-refractivity contribution in [2.75, 3.05) is 18.4 Å². The number of fused-ring (bicyclic) bond motifs is 1. The zero-order valence-electron chi connectivity index (χ0n) is 18.2. The van der Waals surface area contributed by atoms with Crippen LogP contribution in [0.2, 0.25) is 0 Å². The molecule has 0 aliphatic carbocycles. The first kappa shape index (κ1) is 21.7. The summed E-state index contributed by atoms with van der Waals surface area (Å²) in [5.74, 6) is 0.645. The summed E-state index contributed by atoms with van der Waals surface area (Å²) in [4.78, 5) is 34.8. The van der Waals surface area contributed by atoms with Crippen LogP contribution in [0.5, 0.6) is 0 Å². The normalized spacial score (nSPS) is 14.4. The van der Waals surface area contributed by atoms with E-state index in [4.69, 9.17) is 0 Å². The second kappa shape index (κ2) is 8.54. The molecule has 4 heterocycles. The van der Waals surface area contributed by atoms with Gasteiger partial charge in [0.05, 0.1) is 24.0 Å². The van der Waals surface area contributed by atoms with E-state index < -0.39 is 5.60 Å². The van der Waals surface area contributed by atoms with Gasteiger partial charge in [-0.2, -0.15) is 10.1 Å². The number of pyridine rings is 1. The van der Waals surface area contributed by atoms with Crippen molar-refractivity contribution in [3.63, 3.8) is 0 Å². The molecule has 0 bridgehead atoms. The van der Waals surface area contributed by atoms with Gasteiger partial charge in [0.15, 0.2) is 0 Å². The van der Waals surface area contributed by atoms with Crippen LogP contribution >= 0.6 is 0 Å². The molecule has 0 unspecified atom stereocenters. The number of aliphatic hydroxyl groups is 1. The lowest BCUT2D eigenvalue weighted by Crippen LogP contribution is -2.49. The SMILES string of the molecule is C=CC(=O)N1CC(CCn2c(=O)ccc3cnc(Nc4cnn(CC(C)(C)O)c4)nc32)C1. The van der Waals surface area contributed by atoms with Crippen molar-refractivity contribution in [1.29, 1.82) is 0 Å². The summed E-state index contributed by atoms with van der Waals surface area (Å²) in [6.07, 6.45) is 7.16. The number of nitrogens with zero attached hydrogens (tertiary/aromatic N) is 6. The Bertz CT molecular complexity index is 1200. The van der Waals surface area contributed by atoms with E-state index in [1.54, 1.807) is 52.7 Å². The lowest BCUT2D eigenvalue weighted by Gasteiger charge is -2.38. The van der Waals surface area contributed by atoms with Crippen molar-refractivity contribution >= 4 is 28.6 Å². The minimum atomic E-state index is -0.880. The number of aryl methyl sites for hydroxylation is 1. The Morgan fingerprint density at radius 1 is 1.34 bits per heavy atom. The van der Waals surface area contributed by atoms with Gasteiger partial charge in [0.1, 0.15) is 5.65 Å². The van der Waals surface area contributed by atoms with Gasteiger partial charge in [-0.05, 0) is 38.3 Å². The number of nitrogens with one attached hydrogen (secondary N) is 1. The third kappa shape index (κ3) is 4.86. The van der Waals surface area contributed by atoms with Crippen LogP contribution in [0, 0.1) is 5.92 Å². The Balaban J connectivity index is 1.49. The Hall–Kier alpha value is -3.53. The van der Waals surface area contributed by atoms with Crippen LogP contribution in [0.15, 0.2) is 48.2 Å². The molecule has 0 radical (unpaired) electrons. The van der Waals surface area contributed by atoms with Crippen LogP contribution in [-0.2, 0) is 17.9 Å². The third-order valence-electron chi connectivity index (χ3n) is 5.37. The average Bonchev–Trinajstić information content (AvgIpc) is 3.12. The first-order chi connectivity index (χ1) is 15.2. The van der Waals surface area contributed by atoms with Crippen LogP contribution in [0.3, 0.4) is 0 Å². The summed E-state index contributed by atoms with van der Waals surface area (Å²) in [5.41, 5.74) is 0.227. The summed E-state index contributed by atoms with van der Waals surface area (Å²) < 4.78 is 3.29. The zero-order valence-corrected chi connectivity index (χ0v) is 18.2. The van der Waals surface area contributed by atoms with E-state index in [2.05, 4.69) is 27.0 Å². The molecule has 10 nitrogen and oxygen atoms in total. The molecule has 0 spiro atoms. The maximum Gasteiger partial charge on any atom is 0.252 e. The molecule has 1 aliphatic heterocycles. The lowest BCUT2D eigenvalue weighted by atomic mass is 9.96. The molecular formula is C22H27N7O3. The molecule has 0 aromatic carbocycles. The smallest absolute Gasteiger partial charge is 0.252 e. The Morgan fingerprint density at radius 3 is 2.84 bits per heavy atom. The lowest BCUT2D eigenvalue weighted by molar-refractivity contribution is -0.132. The van der Waals surface area contributed by atoms with Gasteiger partial charge in [-0.1, -0.05) is 6.58 Å². The number of anilines is 2. The van der Waals surface area contributed by atoms with Crippen molar-refractivity contribution in [1.82, 2.24) is 29.2 Å². The van der Waals surface area contributed by atoms with Crippen LogP contribution < -0.4 is 10.9 Å². The monoisotopic (exact) mass is 437 g/mol. The molecule has 4 rings (SSSR count). The summed E-state index contributed by atoms with van der Waals surface area (Å²) in [7, 11) is 0. The molecule has 1 fully saturated rings. The molecule has 1 saturated heterocycles. The van der Waals surface area contributed by atoms with Crippen LogP contribution in [0.4, 0.5) is 11.6 Å². The fourth-order valence-corrected chi connectivity index (χ4v) is 3.76. The molecule has 2 N–H and O–H groups in total. The molecule has 0 atom stereocenters. The molecular weight excluding hydrogens is 410 g/mol. The predicted octanol–water partition coefficient (Wildman–Crippen LogP) is 1.54. The second-order valence-corrected chi connectivity index (χ2v) is 8.76. The summed E-state index contributed by atoms with van der Waals surface area (Å²) in [6.45, 7) is 9.16. The number of carbonyl (C=O) groups excluding carboxylic acids is 1. The largest absolute Gasteiger partial charge is 0.389 e. The van der Waals surface area contributed by atoms with E-state index in [9.17, 15) is 14.7 Å². The van der Waals surface area contributed by atoms with Crippen molar-refractivity contribution in [3.8, 4) is 0 Å². The molecule has 32 heavy (non-hydrogen) atoms. The molecule has 1 amide bonds. The van der Waals surface area contributed by atoms with E-state index in [0.29, 0.717) is 49.4 Å². The number of likely N-dealkylation sites (tertiary alicyclic amines) is 1. The van der Waals surface area contributed by atoms with Crippen molar-refractivity contribution in [3.05, 3.63) is 53.7 Å². The number of aromatic nitrogens is 5. The van der Waals surface area contributed by atoms with Crippen LogP contribution in [-0.4, -0.2) is 58.9 Å². The Kier molecular flexibility index (Phi) is 5.79. The van der Waals surface area contributed by atoms with Gasteiger partial charge in [-0.25, -0.2) is 4.98 Å². The van der Waals surface area contributed by atoms with E-state index in [-0.39, 0.29) is 11.5 Å². The molecule has 3 aromatic heterocycles. The average molecular weight is 438 g/mol. The first-order valence-corrected chi connectivity index (χ1v) is 10.5. The summed E-state index contributed by atoms with van der Waals surface area (Å²) in [5, 5.41) is 18.1. The molecule has 10 heteroatoms. The van der Waals surface area contributed by atoms with Gasteiger partial charge < -0.3 is 15.3 Å². The highest BCUT2D eigenvalue weighted by Crippen LogP contribution is 2.21. The zero-order chi connectivity index (χ0) is 22.9. The Morgan fingerprint density at radius 2 is 2.12 bits per heavy atom. The highest BCUT2D eigenvalue weighted by Gasteiger charge is 2.29. The van der Waals surface area contributed by atoms with Crippen LogP contribution in [0.1, 0.15) is 20.3 Å². The van der Waals surface area contributed by atoms with Gasteiger partial charge in [-0.15, -0.1) is 0 Å². The van der Waals surface area contributed by atoms with E-state index in [1.165, 1.54) is 12.1 Å². The highest BCUT2D eigenvalue weighted by molar-refractivity contribution is 5.87. The maximum absolute atomic E-state index is 12.5. The molecule has 0 saturated carbocycles. The van der Waals surface area contributed by atoms with Crippen molar-refractivity contribution in [2.45, 2.75) is 39.0 Å². The quantitative estimate of drug-likeness (QED) is 0.513. The number of carbonyl (C=O) groups is 1. The fraction of sp³-hybridized carbons (Fsp3) is 0.409. The number of rotatable bonds is 8. The fourth-order valence-electron chi connectivity index (χ4n) is 3.76. The Labute approximate surface area is 185 Å². The van der Waals surface area contributed by atoms with Crippen molar-refractivity contribution in [2.24, 2.45) is 5.92 Å². The molecule has 3 aromatic rings. The summed E-state index contributed by atoms with van der Waals surface area (Å²) >= 11 is 0. The standard InChI is InChI=1S/C22H27N7O3/c1-4-18(30)27-11-15(12-27)7-8-29-19(31)6-5-16-9-23-21(26-20(16)29)25-17-10-24-28(13-17)14-22(2,3)32/h4-6,9-10,13,15,32H,1,7-8,11-12,14H2,2-3H3,(H,23,25,26). The minimum absolute atomic E-state index is 0.0575. The highest BCUT2D eigenvalue weighted by atomic mass is 16.3. The van der Waals surface area contributed by atoms with Crippen molar-refractivity contribution < 1.29 is 9.90 Å². The number of hydrogen-bond donors (Lipinski definition) is 2. The minimum Gasteiger partial charge on any atom is -0.389 e.